The van der Waals surface area contributed by atoms with Gasteiger partial charge in [-0.2, -0.15) is 0 Å². The van der Waals surface area contributed by atoms with Crippen molar-refractivity contribution in [2.75, 3.05) is 0 Å². The zero-order chi connectivity index (χ0) is 17.7. The molecule has 6 rings (SSSR count). The Kier molecular flexibility index (Phi) is 2.25. The van der Waals surface area contributed by atoms with Crippen molar-refractivity contribution in [1.82, 2.24) is 9.97 Å². The van der Waals surface area contributed by atoms with Gasteiger partial charge < -0.3 is 9.97 Å². The maximum absolute atomic E-state index is 12.5. The fraction of sp³-hybridized carbons (Fsp3) is 0.0909. The molecule has 2 heterocycles. The molecule has 0 amide bonds. The molecule has 0 saturated heterocycles. The minimum Gasteiger partial charge on any atom is -0.321 e. The molecule has 2 aromatic heterocycles. The molecular weight excluding hydrogens is 324 g/mol. The SMILES string of the molecule is Cc1ccc2[nH]c(=O)c3cc4cc5c(=O)[nH]c6ccc(C)c(c65)c4c1c23. The number of rotatable bonds is 0. The second-order valence-electron chi connectivity index (χ2n) is 7.21. The second kappa shape index (κ2) is 4.22. The van der Waals surface area contributed by atoms with E-state index in [1.54, 1.807) is 0 Å². The molecule has 6 aromatic rings. The number of hydrogen-bond acceptors (Lipinski definition) is 2. The Morgan fingerprint density at radius 1 is 0.615 bits per heavy atom. The van der Waals surface area contributed by atoms with Gasteiger partial charge in [-0.15, -0.1) is 0 Å². The van der Waals surface area contributed by atoms with E-state index in [0.717, 1.165) is 54.5 Å². The van der Waals surface area contributed by atoms with Gasteiger partial charge in [-0.25, -0.2) is 0 Å². The van der Waals surface area contributed by atoms with Crippen molar-refractivity contribution in [1.29, 1.82) is 0 Å². The van der Waals surface area contributed by atoms with Crippen molar-refractivity contribution in [2.24, 2.45) is 0 Å². The first-order chi connectivity index (χ1) is 12.5. The molecule has 0 spiro atoms. The molecule has 0 aliphatic heterocycles. The van der Waals surface area contributed by atoms with Crippen molar-refractivity contribution < 1.29 is 0 Å². The number of fused-ring (bicyclic) bond motifs is 3. The molecule has 0 unspecified atom stereocenters. The minimum absolute atomic E-state index is 0.0797. The van der Waals surface area contributed by atoms with Crippen LogP contribution >= 0.6 is 0 Å². The molecule has 0 aliphatic carbocycles. The van der Waals surface area contributed by atoms with Gasteiger partial charge >= 0.3 is 0 Å². The largest absolute Gasteiger partial charge is 0.321 e. The summed E-state index contributed by atoms with van der Waals surface area (Å²) in [5.41, 5.74) is 3.83. The number of benzene rings is 4. The topological polar surface area (TPSA) is 65.7 Å². The molecule has 0 saturated carbocycles. The smallest absolute Gasteiger partial charge is 0.256 e. The summed E-state index contributed by atoms with van der Waals surface area (Å²) in [6, 6.07) is 11.9. The normalized spacial score (nSPS) is 12.5. The van der Waals surface area contributed by atoms with E-state index in [2.05, 4.69) is 35.9 Å². The van der Waals surface area contributed by atoms with E-state index in [4.69, 9.17) is 0 Å². The summed E-state index contributed by atoms with van der Waals surface area (Å²) >= 11 is 0. The monoisotopic (exact) mass is 338 g/mol. The van der Waals surface area contributed by atoms with Crippen molar-refractivity contribution >= 4 is 54.1 Å². The lowest BCUT2D eigenvalue weighted by Crippen LogP contribution is -1.98. The molecule has 2 N–H and O–H groups in total. The first-order valence-corrected chi connectivity index (χ1v) is 8.63. The summed E-state index contributed by atoms with van der Waals surface area (Å²) in [5.74, 6) is 0. The number of hydrogen-bond donors (Lipinski definition) is 2. The summed E-state index contributed by atoms with van der Waals surface area (Å²) in [7, 11) is 0. The predicted octanol–water partition coefficient (Wildman–Crippen LogP) is 4.32. The highest BCUT2D eigenvalue weighted by atomic mass is 16.1. The third-order valence-electron chi connectivity index (χ3n) is 5.74. The number of aryl methyl sites for hydroxylation is 2. The average molecular weight is 338 g/mol. The van der Waals surface area contributed by atoms with Crippen molar-refractivity contribution in [3.8, 4) is 0 Å². The average Bonchev–Trinajstić information content (AvgIpc) is 3.11. The summed E-state index contributed by atoms with van der Waals surface area (Å²) in [5, 5.41) is 7.59. The Morgan fingerprint density at radius 2 is 1.08 bits per heavy atom. The van der Waals surface area contributed by atoms with E-state index in [0.29, 0.717) is 10.8 Å². The Balaban J connectivity index is 2.13. The van der Waals surface area contributed by atoms with Crippen LogP contribution in [-0.4, -0.2) is 9.97 Å². The third-order valence-corrected chi connectivity index (χ3v) is 5.74. The van der Waals surface area contributed by atoms with Gasteiger partial charge in [0.05, 0.1) is 10.8 Å². The highest BCUT2D eigenvalue weighted by Crippen LogP contribution is 2.41. The second-order valence-corrected chi connectivity index (χ2v) is 7.21. The summed E-state index contributed by atoms with van der Waals surface area (Å²) in [6.45, 7) is 4.15. The third kappa shape index (κ3) is 1.42. The van der Waals surface area contributed by atoms with Crippen LogP contribution in [0.4, 0.5) is 0 Å². The van der Waals surface area contributed by atoms with Crippen molar-refractivity contribution in [2.45, 2.75) is 13.8 Å². The Morgan fingerprint density at radius 3 is 1.54 bits per heavy atom. The van der Waals surface area contributed by atoms with Crippen LogP contribution in [0.2, 0.25) is 0 Å². The zero-order valence-electron chi connectivity index (χ0n) is 14.3. The van der Waals surface area contributed by atoms with Crippen LogP contribution in [0.3, 0.4) is 0 Å². The number of aromatic nitrogens is 2. The quantitative estimate of drug-likeness (QED) is 0.405. The van der Waals surface area contributed by atoms with Crippen LogP contribution in [0.25, 0.3) is 54.1 Å². The molecule has 0 aliphatic rings. The zero-order valence-corrected chi connectivity index (χ0v) is 14.3. The summed E-state index contributed by atoms with van der Waals surface area (Å²) in [4.78, 5) is 30.9. The molecule has 4 aromatic carbocycles. The van der Waals surface area contributed by atoms with Crippen LogP contribution < -0.4 is 11.1 Å². The Hall–Kier alpha value is -3.40. The van der Waals surface area contributed by atoms with Gasteiger partial charge in [0, 0.05) is 21.8 Å². The van der Waals surface area contributed by atoms with Gasteiger partial charge in [0.2, 0.25) is 0 Å². The first kappa shape index (κ1) is 13.8. The molecule has 4 nitrogen and oxygen atoms in total. The lowest BCUT2D eigenvalue weighted by atomic mass is 9.90. The van der Waals surface area contributed by atoms with Crippen LogP contribution in [0.1, 0.15) is 11.1 Å². The van der Waals surface area contributed by atoms with Crippen LogP contribution in [0.5, 0.6) is 0 Å². The molecule has 0 atom stereocenters. The predicted molar refractivity (Wildman–Crippen MR) is 107 cm³/mol. The molecule has 0 fully saturated rings. The summed E-state index contributed by atoms with van der Waals surface area (Å²) < 4.78 is 0. The molecule has 0 bridgehead atoms. The van der Waals surface area contributed by atoms with E-state index in [1.165, 1.54) is 0 Å². The number of nitrogens with one attached hydrogen (secondary N) is 2. The lowest BCUT2D eigenvalue weighted by molar-refractivity contribution is 1.38. The highest BCUT2D eigenvalue weighted by molar-refractivity contribution is 6.33. The maximum Gasteiger partial charge on any atom is 0.256 e. The van der Waals surface area contributed by atoms with Gasteiger partial charge in [-0.05, 0) is 70.8 Å². The number of aromatic amines is 2. The van der Waals surface area contributed by atoms with Crippen LogP contribution in [0, 0.1) is 13.8 Å². The maximum atomic E-state index is 12.5. The van der Waals surface area contributed by atoms with Gasteiger partial charge in [0.25, 0.3) is 11.1 Å². The van der Waals surface area contributed by atoms with Crippen molar-refractivity contribution in [3.63, 3.8) is 0 Å². The van der Waals surface area contributed by atoms with Gasteiger partial charge in [0.15, 0.2) is 0 Å². The molecule has 26 heavy (non-hydrogen) atoms. The van der Waals surface area contributed by atoms with E-state index in [-0.39, 0.29) is 11.1 Å². The van der Waals surface area contributed by atoms with E-state index < -0.39 is 0 Å². The highest BCUT2D eigenvalue weighted by Gasteiger charge is 2.19. The van der Waals surface area contributed by atoms with Crippen molar-refractivity contribution in [3.05, 3.63) is 68.2 Å². The Labute approximate surface area is 146 Å². The molecule has 0 radical (unpaired) electrons. The first-order valence-electron chi connectivity index (χ1n) is 8.63. The van der Waals surface area contributed by atoms with Crippen LogP contribution in [-0.2, 0) is 0 Å². The molecular formula is C22H14N2O2. The minimum atomic E-state index is -0.0797. The standard InChI is InChI=1S/C22H14N2O2/c1-9-3-5-14-19-12(21(25)23-14)7-11-8-13-20-15(24-22(13)26)6-4-10(2)17(20)18(11)16(9)19/h3-8H,1-2H3,(H,23,25)(H,24,26). The summed E-state index contributed by atoms with van der Waals surface area (Å²) in [6.07, 6.45) is 0. The molecule has 124 valence electrons. The van der Waals surface area contributed by atoms with Gasteiger partial charge in [0.1, 0.15) is 0 Å². The lowest BCUT2D eigenvalue weighted by Gasteiger charge is -2.12. The van der Waals surface area contributed by atoms with Gasteiger partial charge in [-0.3, -0.25) is 9.59 Å². The van der Waals surface area contributed by atoms with Crippen LogP contribution in [0.15, 0.2) is 46.0 Å². The fourth-order valence-electron chi connectivity index (χ4n) is 4.62. The number of H-pyrrole nitrogens is 2. The van der Waals surface area contributed by atoms with E-state index in [1.807, 2.05) is 24.3 Å². The fourth-order valence-corrected chi connectivity index (χ4v) is 4.62. The van der Waals surface area contributed by atoms with E-state index >= 15 is 0 Å². The Bertz CT molecular complexity index is 1520. The van der Waals surface area contributed by atoms with E-state index in [9.17, 15) is 9.59 Å². The molecule has 4 heteroatoms. The van der Waals surface area contributed by atoms with Gasteiger partial charge in [-0.1, -0.05) is 12.1 Å².